The molecule has 3 nitrogen and oxygen atoms in total. The maximum Gasteiger partial charge on any atom is 0.248 e. The van der Waals surface area contributed by atoms with E-state index in [-0.39, 0.29) is 0 Å². The van der Waals surface area contributed by atoms with Crippen molar-refractivity contribution in [2.24, 2.45) is 5.73 Å². The van der Waals surface area contributed by atoms with E-state index in [4.69, 9.17) is 5.73 Å². The lowest BCUT2D eigenvalue weighted by molar-refractivity contribution is 0.100. The number of aromatic nitrogens is 1. The molecule has 0 aliphatic carbocycles. The number of benzene rings is 1. The topological polar surface area (TPSA) is 56.0 Å². The smallest absolute Gasteiger partial charge is 0.248 e. The van der Waals surface area contributed by atoms with Gasteiger partial charge in [0.1, 0.15) is 0 Å². The van der Waals surface area contributed by atoms with E-state index in [1.807, 2.05) is 18.2 Å². The first-order valence-electron chi connectivity index (χ1n) is 4.90. The second-order valence-corrected chi connectivity index (χ2v) is 3.43. The van der Waals surface area contributed by atoms with Crippen LogP contribution in [-0.4, -0.2) is 10.9 Å². The number of pyridine rings is 1. The summed E-state index contributed by atoms with van der Waals surface area (Å²) in [5, 5.41) is 0.948. The van der Waals surface area contributed by atoms with Gasteiger partial charge in [-0.05, 0) is 30.7 Å². The molecule has 1 heterocycles. The monoisotopic (exact) mass is 200 g/mol. The summed E-state index contributed by atoms with van der Waals surface area (Å²) in [4.78, 5) is 15.4. The highest BCUT2D eigenvalue weighted by Gasteiger charge is 2.02. The van der Waals surface area contributed by atoms with E-state index < -0.39 is 5.91 Å². The van der Waals surface area contributed by atoms with Gasteiger partial charge in [-0.15, -0.1) is 0 Å². The molecule has 76 valence electrons. The predicted molar refractivity (Wildman–Crippen MR) is 59.6 cm³/mol. The molecule has 2 aromatic rings. The number of carbonyl (C=O) groups is 1. The van der Waals surface area contributed by atoms with Crippen LogP contribution in [0.1, 0.15) is 23.0 Å². The summed E-state index contributed by atoms with van der Waals surface area (Å²) in [5.41, 5.74) is 7.68. The number of nitrogens with zero attached hydrogens (tertiary/aromatic N) is 1. The Morgan fingerprint density at radius 2 is 2.13 bits per heavy atom. The van der Waals surface area contributed by atoms with Crippen LogP contribution in [0.3, 0.4) is 0 Å². The number of hydrogen-bond acceptors (Lipinski definition) is 2. The molecule has 1 aromatic heterocycles. The number of nitrogens with two attached hydrogens (primary N) is 1. The number of rotatable bonds is 2. The van der Waals surface area contributed by atoms with Crippen molar-refractivity contribution in [2.45, 2.75) is 13.3 Å². The van der Waals surface area contributed by atoms with Gasteiger partial charge in [-0.1, -0.05) is 13.0 Å². The van der Waals surface area contributed by atoms with E-state index in [0.717, 1.165) is 23.0 Å². The zero-order chi connectivity index (χ0) is 10.8. The van der Waals surface area contributed by atoms with Crippen molar-refractivity contribution in [1.82, 2.24) is 4.98 Å². The number of fused-ring (bicyclic) bond motifs is 1. The highest BCUT2D eigenvalue weighted by molar-refractivity contribution is 5.96. The molecule has 0 saturated carbocycles. The van der Waals surface area contributed by atoms with Gasteiger partial charge in [0, 0.05) is 16.6 Å². The summed E-state index contributed by atoms with van der Waals surface area (Å²) < 4.78 is 0. The molecule has 2 N–H and O–H groups in total. The Balaban J connectivity index is 2.59. The fraction of sp³-hybridized carbons (Fsp3) is 0.167. The first-order chi connectivity index (χ1) is 7.20. The van der Waals surface area contributed by atoms with Gasteiger partial charge >= 0.3 is 0 Å². The Labute approximate surface area is 87.9 Å². The first kappa shape index (κ1) is 9.65. The minimum Gasteiger partial charge on any atom is -0.366 e. The van der Waals surface area contributed by atoms with Gasteiger partial charge in [0.2, 0.25) is 5.91 Å². The van der Waals surface area contributed by atoms with Gasteiger partial charge in [-0.25, -0.2) is 0 Å². The lowest BCUT2D eigenvalue weighted by Gasteiger charge is -2.01. The molecule has 15 heavy (non-hydrogen) atoms. The van der Waals surface area contributed by atoms with Crippen LogP contribution in [-0.2, 0) is 6.42 Å². The van der Waals surface area contributed by atoms with Gasteiger partial charge in [0.05, 0.1) is 5.52 Å². The van der Waals surface area contributed by atoms with Gasteiger partial charge in [0.25, 0.3) is 0 Å². The summed E-state index contributed by atoms with van der Waals surface area (Å²) in [5.74, 6) is -0.406. The molecule has 0 bridgehead atoms. The fourth-order valence-electron chi connectivity index (χ4n) is 1.52. The molecular formula is C12H12N2O. The second kappa shape index (κ2) is 3.69. The van der Waals surface area contributed by atoms with Crippen molar-refractivity contribution < 1.29 is 4.79 Å². The lowest BCUT2D eigenvalue weighted by Crippen LogP contribution is -2.10. The van der Waals surface area contributed by atoms with Gasteiger partial charge < -0.3 is 5.73 Å². The Morgan fingerprint density at radius 3 is 2.80 bits per heavy atom. The van der Waals surface area contributed by atoms with Crippen LogP contribution in [0.25, 0.3) is 10.9 Å². The zero-order valence-electron chi connectivity index (χ0n) is 8.53. The van der Waals surface area contributed by atoms with Crippen molar-refractivity contribution >= 4 is 16.8 Å². The van der Waals surface area contributed by atoms with Crippen LogP contribution >= 0.6 is 0 Å². The minimum atomic E-state index is -0.406. The molecular weight excluding hydrogens is 188 g/mol. The van der Waals surface area contributed by atoms with Gasteiger partial charge in [-0.3, -0.25) is 9.78 Å². The highest BCUT2D eigenvalue weighted by Crippen LogP contribution is 2.14. The maximum absolute atomic E-state index is 11.0. The normalized spacial score (nSPS) is 10.5. The summed E-state index contributed by atoms with van der Waals surface area (Å²) in [6.07, 6.45) is 0.910. The second-order valence-electron chi connectivity index (χ2n) is 3.43. The van der Waals surface area contributed by atoms with Crippen LogP contribution in [0.4, 0.5) is 0 Å². The van der Waals surface area contributed by atoms with Crippen LogP contribution in [0.5, 0.6) is 0 Å². The van der Waals surface area contributed by atoms with Crippen molar-refractivity contribution in [1.29, 1.82) is 0 Å². The van der Waals surface area contributed by atoms with E-state index in [1.54, 1.807) is 12.1 Å². The van der Waals surface area contributed by atoms with Crippen molar-refractivity contribution in [3.05, 3.63) is 41.6 Å². The highest BCUT2D eigenvalue weighted by atomic mass is 16.1. The predicted octanol–water partition coefficient (Wildman–Crippen LogP) is 1.90. The largest absolute Gasteiger partial charge is 0.366 e. The Kier molecular flexibility index (Phi) is 2.37. The van der Waals surface area contributed by atoms with Crippen LogP contribution < -0.4 is 5.73 Å². The summed E-state index contributed by atoms with van der Waals surface area (Å²) in [6, 6.07) is 9.23. The lowest BCUT2D eigenvalue weighted by atomic mass is 10.1. The third-order valence-corrected chi connectivity index (χ3v) is 2.39. The molecule has 0 radical (unpaired) electrons. The van der Waals surface area contributed by atoms with E-state index >= 15 is 0 Å². The average molecular weight is 200 g/mol. The Hall–Kier alpha value is -1.90. The van der Waals surface area contributed by atoms with Crippen molar-refractivity contribution in [3.8, 4) is 0 Å². The molecule has 1 amide bonds. The number of hydrogen-bond donors (Lipinski definition) is 1. The first-order valence-corrected chi connectivity index (χ1v) is 4.90. The summed E-state index contributed by atoms with van der Waals surface area (Å²) in [6.45, 7) is 2.06. The molecule has 1 aromatic carbocycles. The molecule has 3 heteroatoms. The van der Waals surface area contributed by atoms with Crippen LogP contribution in [0.15, 0.2) is 30.3 Å². The third-order valence-electron chi connectivity index (χ3n) is 2.39. The van der Waals surface area contributed by atoms with Gasteiger partial charge in [-0.2, -0.15) is 0 Å². The van der Waals surface area contributed by atoms with E-state index in [2.05, 4.69) is 11.9 Å². The molecule has 0 unspecified atom stereocenters. The van der Waals surface area contributed by atoms with E-state index in [0.29, 0.717) is 5.56 Å². The average Bonchev–Trinajstić information content (AvgIpc) is 2.27. The number of aryl methyl sites for hydroxylation is 1. The SMILES string of the molecule is CCc1ccc2cc(C(N)=O)ccc2n1. The van der Waals surface area contributed by atoms with E-state index in [9.17, 15) is 4.79 Å². The van der Waals surface area contributed by atoms with Crippen LogP contribution in [0.2, 0.25) is 0 Å². The standard InChI is InChI=1S/C12H12N2O/c1-2-10-5-3-8-7-9(12(13)15)4-6-11(8)14-10/h3-7H,2H2,1H3,(H2,13,15). The molecule has 0 aliphatic heterocycles. The molecule has 0 spiro atoms. The number of primary amides is 1. The van der Waals surface area contributed by atoms with Crippen LogP contribution in [0, 0.1) is 0 Å². The van der Waals surface area contributed by atoms with Gasteiger partial charge in [0.15, 0.2) is 0 Å². The Bertz CT molecular complexity index is 520. The van der Waals surface area contributed by atoms with E-state index in [1.165, 1.54) is 0 Å². The summed E-state index contributed by atoms with van der Waals surface area (Å²) in [7, 11) is 0. The van der Waals surface area contributed by atoms with Crippen molar-refractivity contribution in [3.63, 3.8) is 0 Å². The Morgan fingerprint density at radius 1 is 1.33 bits per heavy atom. The third kappa shape index (κ3) is 1.81. The fourth-order valence-corrected chi connectivity index (χ4v) is 1.52. The summed E-state index contributed by atoms with van der Waals surface area (Å²) >= 11 is 0. The number of carbonyl (C=O) groups excluding carboxylic acids is 1. The zero-order valence-corrected chi connectivity index (χ0v) is 8.53. The molecule has 0 saturated heterocycles. The molecule has 0 atom stereocenters. The number of amides is 1. The quantitative estimate of drug-likeness (QED) is 0.804. The minimum absolute atomic E-state index is 0.406. The molecule has 0 fully saturated rings. The molecule has 0 aliphatic rings. The molecule has 2 rings (SSSR count). The van der Waals surface area contributed by atoms with Crippen molar-refractivity contribution in [2.75, 3.05) is 0 Å². The maximum atomic E-state index is 11.0.